The highest BCUT2D eigenvalue weighted by Crippen LogP contribution is 2.48. The summed E-state index contributed by atoms with van der Waals surface area (Å²) < 4.78 is 2.57. The maximum atomic E-state index is 5.70. The number of benzene rings is 8. The Bertz CT molecular complexity index is 3180. The Labute approximate surface area is 342 Å². The number of aliphatic imine (C=N–C) groups is 2. The molecule has 276 valence electrons. The van der Waals surface area contributed by atoms with Gasteiger partial charge in [0, 0.05) is 43.1 Å². The molecule has 3 aliphatic rings. The maximum absolute atomic E-state index is 5.70. The van der Waals surface area contributed by atoms with Crippen molar-refractivity contribution in [3.8, 4) is 22.3 Å². The third-order valence-electron chi connectivity index (χ3n) is 13.1. The number of hydrogen-bond acceptors (Lipinski definition) is 3. The number of hydrogen-bond donors (Lipinski definition) is 0. The molecule has 8 aromatic carbocycles. The zero-order valence-corrected chi connectivity index (χ0v) is 33.1. The number of thiophene rings is 1. The van der Waals surface area contributed by atoms with Gasteiger partial charge in [-0.3, -0.25) is 4.99 Å². The van der Waals surface area contributed by atoms with Gasteiger partial charge < -0.3 is 0 Å². The van der Waals surface area contributed by atoms with Crippen molar-refractivity contribution >= 4 is 53.8 Å². The van der Waals surface area contributed by atoms with Gasteiger partial charge in [-0.05, 0) is 110 Å². The molecule has 0 fully saturated rings. The fourth-order valence-electron chi connectivity index (χ4n) is 10.4. The first-order valence-corrected chi connectivity index (χ1v) is 21.5. The molecule has 2 aliphatic carbocycles. The summed E-state index contributed by atoms with van der Waals surface area (Å²) in [5.41, 5.74) is 17.2. The van der Waals surface area contributed by atoms with Gasteiger partial charge in [-0.2, -0.15) is 0 Å². The van der Waals surface area contributed by atoms with Crippen LogP contribution in [0.4, 0.5) is 0 Å². The van der Waals surface area contributed by atoms with Gasteiger partial charge in [-0.25, -0.2) is 4.99 Å². The van der Waals surface area contributed by atoms with E-state index >= 15 is 0 Å². The van der Waals surface area contributed by atoms with Crippen LogP contribution in [-0.4, -0.2) is 11.5 Å². The summed E-state index contributed by atoms with van der Waals surface area (Å²) in [4.78, 5) is 11.3. The minimum Gasteiger partial charge on any atom is -0.257 e. The zero-order valence-electron chi connectivity index (χ0n) is 32.3. The molecule has 0 radical (unpaired) electrons. The Morgan fingerprint density at radius 1 is 0.552 bits per heavy atom. The third kappa shape index (κ3) is 5.23. The van der Waals surface area contributed by atoms with Gasteiger partial charge in [0.25, 0.3) is 0 Å². The van der Waals surface area contributed by atoms with Crippen molar-refractivity contribution in [1.29, 1.82) is 0 Å². The number of amidine groups is 1. The molecule has 2 heterocycles. The lowest BCUT2D eigenvalue weighted by Gasteiger charge is -2.31. The lowest BCUT2D eigenvalue weighted by atomic mass is 9.74. The van der Waals surface area contributed by atoms with Crippen LogP contribution in [0, 0.1) is 5.92 Å². The van der Waals surface area contributed by atoms with E-state index in [-0.39, 0.29) is 17.9 Å². The molecule has 3 unspecified atom stereocenters. The molecule has 1 aliphatic heterocycles. The molecular weight excluding hydrogens is 721 g/mol. The topological polar surface area (TPSA) is 24.7 Å². The molecule has 0 saturated heterocycles. The van der Waals surface area contributed by atoms with E-state index in [4.69, 9.17) is 9.98 Å². The van der Waals surface area contributed by atoms with Crippen molar-refractivity contribution in [3.05, 3.63) is 214 Å². The summed E-state index contributed by atoms with van der Waals surface area (Å²) in [5, 5.41) is 5.12. The molecule has 58 heavy (non-hydrogen) atoms. The Morgan fingerprint density at radius 2 is 1.28 bits per heavy atom. The lowest BCUT2D eigenvalue weighted by molar-refractivity contribution is 0.533. The summed E-state index contributed by atoms with van der Waals surface area (Å²) in [6.45, 7) is 2.31. The Balaban J connectivity index is 1.04. The van der Waals surface area contributed by atoms with E-state index in [0.29, 0.717) is 0 Å². The number of fused-ring (bicyclic) bond motifs is 10. The van der Waals surface area contributed by atoms with E-state index in [1.165, 1.54) is 92.1 Å². The van der Waals surface area contributed by atoms with Gasteiger partial charge in [-0.1, -0.05) is 153 Å². The van der Waals surface area contributed by atoms with Gasteiger partial charge in [0.1, 0.15) is 0 Å². The molecule has 3 heteroatoms. The van der Waals surface area contributed by atoms with Gasteiger partial charge >= 0.3 is 0 Å². The fraction of sp³-hybridized carbons (Fsp3) is 0.127. The van der Waals surface area contributed by atoms with Gasteiger partial charge in [0.05, 0.1) is 11.8 Å². The van der Waals surface area contributed by atoms with Gasteiger partial charge in [-0.15, -0.1) is 11.3 Å². The minimum atomic E-state index is -0.0504. The smallest absolute Gasteiger partial charge is 0.156 e. The molecule has 0 amide bonds. The first-order chi connectivity index (χ1) is 28.7. The molecular formula is C55H40N2S. The fourth-order valence-corrected chi connectivity index (χ4v) is 11.5. The van der Waals surface area contributed by atoms with E-state index in [1.54, 1.807) is 0 Å². The molecule has 2 nitrogen and oxygen atoms in total. The van der Waals surface area contributed by atoms with Crippen molar-refractivity contribution in [2.24, 2.45) is 15.9 Å². The van der Waals surface area contributed by atoms with Crippen LogP contribution in [0.5, 0.6) is 0 Å². The molecule has 9 aromatic rings. The van der Waals surface area contributed by atoms with Crippen LogP contribution in [0.15, 0.2) is 180 Å². The summed E-state index contributed by atoms with van der Waals surface area (Å²) in [7, 11) is 0. The largest absolute Gasteiger partial charge is 0.257 e. The van der Waals surface area contributed by atoms with Crippen molar-refractivity contribution < 1.29 is 0 Å². The van der Waals surface area contributed by atoms with Crippen LogP contribution in [0.1, 0.15) is 69.8 Å². The van der Waals surface area contributed by atoms with E-state index in [0.717, 1.165) is 36.4 Å². The van der Waals surface area contributed by atoms with Crippen molar-refractivity contribution in [1.82, 2.24) is 0 Å². The number of nitrogens with zero attached hydrogens (tertiary/aromatic N) is 2. The van der Waals surface area contributed by atoms with E-state index < -0.39 is 0 Å². The predicted octanol–water partition coefficient (Wildman–Crippen LogP) is 14.2. The second-order valence-corrected chi connectivity index (χ2v) is 17.3. The molecule has 0 saturated carbocycles. The van der Waals surface area contributed by atoms with Crippen LogP contribution >= 0.6 is 11.3 Å². The third-order valence-corrected chi connectivity index (χ3v) is 14.2. The van der Waals surface area contributed by atoms with Gasteiger partial charge in [0.2, 0.25) is 0 Å². The molecule has 12 rings (SSSR count). The van der Waals surface area contributed by atoms with Gasteiger partial charge in [0.15, 0.2) is 5.84 Å². The van der Waals surface area contributed by atoms with Crippen LogP contribution in [0.25, 0.3) is 53.2 Å². The minimum absolute atomic E-state index is 0.0504. The Morgan fingerprint density at radius 3 is 2.17 bits per heavy atom. The Kier molecular flexibility index (Phi) is 7.74. The van der Waals surface area contributed by atoms with Crippen molar-refractivity contribution in [2.45, 2.75) is 38.1 Å². The SMILES string of the molecule is CCC1C(c2cccc3c2-c2cc(C4Cc5ccccc5-c5cc6ccccc6cc54)ccc2C3)=NC(c2cccc3sc4ccccc4c23)=NC1c1ccccc1. The second-order valence-electron chi connectivity index (χ2n) is 16.2. The van der Waals surface area contributed by atoms with E-state index in [1.807, 2.05) is 11.3 Å². The van der Waals surface area contributed by atoms with Crippen molar-refractivity contribution in [3.63, 3.8) is 0 Å². The standard InChI is InChI=1S/C55H40N2S/c1-2-40-53(33-14-4-3-5-15-33)56-55(44-23-13-25-50-52(44)42-21-10-11-24-49(42)58-50)57-54(40)43-22-12-19-39-28-37-26-27-38(32-46(37)51(39)43)45-31-36-18-8-9-20-41(36)47-29-34-16-6-7-17-35(34)30-48(45)47/h3-27,29-30,32,40,45,53H,2,28,31H2,1H3. The van der Waals surface area contributed by atoms with E-state index in [2.05, 4.69) is 177 Å². The van der Waals surface area contributed by atoms with Crippen molar-refractivity contribution in [2.75, 3.05) is 0 Å². The second kappa shape index (κ2) is 13.3. The highest BCUT2D eigenvalue weighted by atomic mass is 32.1. The Hall–Kier alpha value is -6.42. The average molecular weight is 761 g/mol. The quantitative estimate of drug-likeness (QED) is 0.167. The predicted molar refractivity (Wildman–Crippen MR) is 245 cm³/mol. The molecule has 1 aromatic heterocycles. The maximum Gasteiger partial charge on any atom is 0.156 e. The highest BCUT2D eigenvalue weighted by Gasteiger charge is 2.36. The summed E-state index contributed by atoms with van der Waals surface area (Å²) in [6.07, 6.45) is 2.85. The highest BCUT2D eigenvalue weighted by molar-refractivity contribution is 7.25. The summed E-state index contributed by atoms with van der Waals surface area (Å²) in [6, 6.07) is 63.3. The monoisotopic (exact) mass is 760 g/mol. The molecule has 0 N–H and O–H groups in total. The molecule has 0 spiro atoms. The van der Waals surface area contributed by atoms with Crippen LogP contribution in [0.3, 0.4) is 0 Å². The summed E-state index contributed by atoms with van der Waals surface area (Å²) in [5.74, 6) is 1.21. The first-order valence-electron chi connectivity index (χ1n) is 20.7. The summed E-state index contributed by atoms with van der Waals surface area (Å²) >= 11 is 1.85. The lowest BCUT2D eigenvalue weighted by Crippen LogP contribution is -2.28. The normalized spacial score (nSPS) is 18.1. The van der Waals surface area contributed by atoms with Crippen LogP contribution in [0.2, 0.25) is 0 Å². The zero-order chi connectivity index (χ0) is 38.3. The number of rotatable bonds is 5. The van der Waals surface area contributed by atoms with E-state index in [9.17, 15) is 0 Å². The van der Waals surface area contributed by atoms with Crippen LogP contribution < -0.4 is 0 Å². The molecule has 0 bridgehead atoms. The van der Waals surface area contributed by atoms with Crippen LogP contribution in [-0.2, 0) is 12.8 Å². The first kappa shape index (κ1) is 33.7. The molecule has 3 atom stereocenters. The average Bonchev–Trinajstić information content (AvgIpc) is 3.86.